The van der Waals surface area contributed by atoms with Gasteiger partial charge in [-0.3, -0.25) is 0 Å². The van der Waals surface area contributed by atoms with Crippen LogP contribution in [0.25, 0.3) is 22.5 Å². The molecule has 21 heavy (non-hydrogen) atoms. The minimum Gasteiger partial charge on any atom is -0.508 e. The smallest absolute Gasteiger partial charge is 0.117 e. The number of benzene rings is 2. The van der Waals surface area contributed by atoms with Gasteiger partial charge in [0, 0.05) is 11.1 Å². The van der Waals surface area contributed by atoms with Gasteiger partial charge in [0.05, 0.1) is 27.8 Å². The summed E-state index contributed by atoms with van der Waals surface area (Å²) in [6, 6.07) is 9.38. The molecule has 0 saturated carbocycles. The Morgan fingerprint density at radius 3 is 2.00 bits per heavy atom. The van der Waals surface area contributed by atoms with Crippen LogP contribution in [-0.4, -0.2) is 20.2 Å². The Labute approximate surface area is 130 Å². The highest BCUT2D eigenvalue weighted by Gasteiger charge is 2.16. The second kappa shape index (κ2) is 5.31. The number of hydrogen-bond acceptors (Lipinski definition) is 3. The maximum atomic E-state index is 9.44. The number of nitrogens with zero attached hydrogens (tertiary/aromatic N) is 1. The van der Waals surface area contributed by atoms with E-state index >= 15 is 0 Å². The highest BCUT2D eigenvalue weighted by molar-refractivity contribution is 6.34. The molecule has 0 amide bonds. The van der Waals surface area contributed by atoms with Crippen molar-refractivity contribution in [1.82, 2.24) is 9.97 Å². The van der Waals surface area contributed by atoms with Gasteiger partial charge in [-0.1, -0.05) is 23.2 Å². The molecule has 3 aromatic rings. The predicted octanol–water partition coefficient (Wildman–Crippen LogP) is 4.46. The molecule has 4 nitrogen and oxygen atoms in total. The molecule has 6 heteroatoms. The van der Waals surface area contributed by atoms with Gasteiger partial charge in [0.1, 0.15) is 11.5 Å². The van der Waals surface area contributed by atoms with Crippen molar-refractivity contribution >= 4 is 23.2 Å². The van der Waals surface area contributed by atoms with Crippen LogP contribution >= 0.6 is 23.2 Å². The molecule has 0 saturated heterocycles. The van der Waals surface area contributed by atoms with E-state index in [2.05, 4.69) is 9.97 Å². The van der Waals surface area contributed by atoms with Crippen molar-refractivity contribution in [3.63, 3.8) is 0 Å². The Kier molecular flexibility index (Phi) is 3.49. The molecule has 1 heterocycles. The third kappa shape index (κ3) is 2.55. The molecule has 3 rings (SSSR count). The summed E-state index contributed by atoms with van der Waals surface area (Å²) in [5.41, 5.74) is 2.68. The average Bonchev–Trinajstić information content (AvgIpc) is 2.87. The maximum Gasteiger partial charge on any atom is 0.117 e. The number of rotatable bonds is 2. The van der Waals surface area contributed by atoms with E-state index in [0.29, 0.717) is 32.6 Å². The highest BCUT2D eigenvalue weighted by Crippen LogP contribution is 2.38. The molecule has 0 aliphatic rings. The average molecular weight is 321 g/mol. The molecular weight excluding hydrogens is 311 g/mol. The first kappa shape index (κ1) is 13.8. The van der Waals surface area contributed by atoms with Gasteiger partial charge < -0.3 is 15.2 Å². The van der Waals surface area contributed by atoms with Gasteiger partial charge in [-0.05, 0) is 36.4 Å². The molecule has 106 valence electrons. The monoisotopic (exact) mass is 320 g/mol. The molecule has 0 aliphatic carbocycles. The second-order valence-corrected chi connectivity index (χ2v) is 5.27. The topological polar surface area (TPSA) is 69.1 Å². The molecular formula is C15H10Cl2N2O2. The molecule has 1 aromatic heterocycles. The fourth-order valence-corrected chi connectivity index (χ4v) is 2.64. The number of aromatic nitrogens is 2. The third-order valence-electron chi connectivity index (χ3n) is 3.07. The van der Waals surface area contributed by atoms with E-state index < -0.39 is 0 Å². The van der Waals surface area contributed by atoms with Crippen LogP contribution in [0.2, 0.25) is 10.0 Å². The Hall–Kier alpha value is -2.17. The van der Waals surface area contributed by atoms with Crippen molar-refractivity contribution in [2.75, 3.05) is 0 Å². The van der Waals surface area contributed by atoms with Gasteiger partial charge in [0.25, 0.3) is 0 Å². The number of aromatic hydroxyl groups is 2. The van der Waals surface area contributed by atoms with Crippen LogP contribution in [0.5, 0.6) is 11.5 Å². The number of halogens is 2. The van der Waals surface area contributed by atoms with E-state index in [1.165, 1.54) is 24.5 Å². The van der Waals surface area contributed by atoms with Crippen LogP contribution in [0.1, 0.15) is 0 Å². The van der Waals surface area contributed by atoms with E-state index in [1.54, 1.807) is 18.2 Å². The van der Waals surface area contributed by atoms with Crippen molar-refractivity contribution in [3.8, 4) is 34.0 Å². The van der Waals surface area contributed by atoms with Crippen molar-refractivity contribution in [3.05, 3.63) is 52.8 Å². The molecule has 0 fully saturated rings. The van der Waals surface area contributed by atoms with Crippen LogP contribution in [0.4, 0.5) is 0 Å². The van der Waals surface area contributed by atoms with E-state index in [9.17, 15) is 10.2 Å². The first-order valence-corrected chi connectivity index (χ1v) is 6.83. The standard InChI is InChI=1S/C15H10Cl2N2O2/c16-12-5-8(20)1-3-10(12)14-15(19-7-18-14)11-4-2-9(21)6-13(11)17/h1-7,20-21H,(H,18,19). The minimum absolute atomic E-state index is 0.0866. The number of imidazole rings is 1. The summed E-state index contributed by atoms with van der Waals surface area (Å²) < 4.78 is 0. The maximum absolute atomic E-state index is 9.44. The molecule has 3 N–H and O–H groups in total. The number of phenolic OH excluding ortho intramolecular Hbond substituents is 2. The molecule has 0 spiro atoms. The van der Waals surface area contributed by atoms with Gasteiger partial charge >= 0.3 is 0 Å². The van der Waals surface area contributed by atoms with Gasteiger partial charge in [0.2, 0.25) is 0 Å². The summed E-state index contributed by atoms with van der Waals surface area (Å²) in [6.45, 7) is 0. The van der Waals surface area contributed by atoms with E-state index in [4.69, 9.17) is 23.2 Å². The number of H-pyrrole nitrogens is 1. The molecule has 2 aromatic carbocycles. The lowest BCUT2D eigenvalue weighted by Crippen LogP contribution is -1.86. The number of nitrogens with one attached hydrogen (secondary N) is 1. The normalized spacial score (nSPS) is 10.8. The third-order valence-corrected chi connectivity index (χ3v) is 3.69. The zero-order chi connectivity index (χ0) is 15.0. The minimum atomic E-state index is 0.0866. The lowest BCUT2D eigenvalue weighted by molar-refractivity contribution is 0.475. The molecule has 0 aliphatic heterocycles. The fourth-order valence-electron chi connectivity index (χ4n) is 2.11. The molecule has 0 atom stereocenters. The van der Waals surface area contributed by atoms with Crippen molar-refractivity contribution in [1.29, 1.82) is 0 Å². The second-order valence-electron chi connectivity index (χ2n) is 4.45. The zero-order valence-corrected chi connectivity index (χ0v) is 12.2. The Balaban J connectivity index is 2.17. The quantitative estimate of drug-likeness (QED) is 0.652. The Morgan fingerprint density at radius 2 is 1.43 bits per heavy atom. The SMILES string of the molecule is Oc1ccc(-c2nc[nH]c2-c2ccc(O)cc2Cl)c(Cl)c1. The number of phenols is 2. The van der Waals surface area contributed by atoms with Crippen molar-refractivity contribution in [2.45, 2.75) is 0 Å². The highest BCUT2D eigenvalue weighted by atomic mass is 35.5. The lowest BCUT2D eigenvalue weighted by atomic mass is 10.0. The number of aromatic amines is 1. The summed E-state index contributed by atoms with van der Waals surface area (Å²) in [5, 5.41) is 19.7. The summed E-state index contributed by atoms with van der Waals surface area (Å²) in [4.78, 5) is 7.30. The van der Waals surface area contributed by atoms with Gasteiger partial charge in [-0.25, -0.2) is 4.98 Å². The van der Waals surface area contributed by atoms with Crippen LogP contribution < -0.4 is 0 Å². The Bertz CT molecular complexity index is 749. The van der Waals surface area contributed by atoms with Crippen molar-refractivity contribution in [2.24, 2.45) is 0 Å². The van der Waals surface area contributed by atoms with Crippen LogP contribution in [0, 0.1) is 0 Å². The first-order chi connectivity index (χ1) is 10.1. The van der Waals surface area contributed by atoms with E-state index in [1.807, 2.05) is 0 Å². The van der Waals surface area contributed by atoms with Gasteiger partial charge in [0.15, 0.2) is 0 Å². The summed E-state index contributed by atoms with van der Waals surface area (Å²) in [5.74, 6) is 0.177. The van der Waals surface area contributed by atoms with Crippen LogP contribution in [0.15, 0.2) is 42.7 Å². The summed E-state index contributed by atoms with van der Waals surface area (Å²) in [6.07, 6.45) is 1.54. The Morgan fingerprint density at radius 1 is 0.857 bits per heavy atom. The van der Waals surface area contributed by atoms with Gasteiger partial charge in [-0.2, -0.15) is 0 Å². The van der Waals surface area contributed by atoms with Crippen LogP contribution in [0.3, 0.4) is 0 Å². The van der Waals surface area contributed by atoms with Crippen molar-refractivity contribution < 1.29 is 10.2 Å². The molecule has 0 bridgehead atoms. The summed E-state index contributed by atoms with van der Waals surface area (Å²) >= 11 is 12.3. The molecule has 0 radical (unpaired) electrons. The van der Waals surface area contributed by atoms with E-state index in [-0.39, 0.29) is 11.5 Å². The number of hydrogen-bond donors (Lipinski definition) is 3. The van der Waals surface area contributed by atoms with Crippen LogP contribution in [-0.2, 0) is 0 Å². The first-order valence-electron chi connectivity index (χ1n) is 6.07. The van der Waals surface area contributed by atoms with E-state index in [0.717, 1.165) is 0 Å². The molecule has 0 unspecified atom stereocenters. The zero-order valence-electron chi connectivity index (χ0n) is 10.6. The predicted molar refractivity (Wildman–Crippen MR) is 82.8 cm³/mol. The summed E-state index contributed by atoms with van der Waals surface area (Å²) in [7, 11) is 0. The van der Waals surface area contributed by atoms with Gasteiger partial charge in [-0.15, -0.1) is 0 Å². The largest absolute Gasteiger partial charge is 0.508 e. The fraction of sp³-hybridized carbons (Fsp3) is 0. The lowest BCUT2D eigenvalue weighted by Gasteiger charge is -2.07.